The summed E-state index contributed by atoms with van der Waals surface area (Å²) in [5.41, 5.74) is 1.37. The molecule has 3 nitrogen and oxygen atoms in total. The molecular formula is C19H28O3. The molecule has 1 rings (SSSR count). The molecule has 122 valence electrons. The van der Waals surface area contributed by atoms with Gasteiger partial charge in [-0.1, -0.05) is 49.6 Å². The molecule has 0 saturated carbocycles. The van der Waals surface area contributed by atoms with Crippen molar-refractivity contribution in [1.82, 2.24) is 0 Å². The summed E-state index contributed by atoms with van der Waals surface area (Å²) in [6.45, 7) is 5.08. The number of carbonyl (C=O) groups is 2. The second-order valence-corrected chi connectivity index (χ2v) is 6.09. The van der Waals surface area contributed by atoms with Gasteiger partial charge in [0, 0.05) is 0 Å². The van der Waals surface area contributed by atoms with Crippen molar-refractivity contribution in [1.29, 1.82) is 0 Å². The molecular weight excluding hydrogens is 276 g/mol. The second-order valence-electron chi connectivity index (χ2n) is 6.09. The van der Waals surface area contributed by atoms with Crippen LogP contribution < -0.4 is 0 Å². The number of rotatable bonds is 10. The summed E-state index contributed by atoms with van der Waals surface area (Å²) in [7, 11) is 0. The topological polar surface area (TPSA) is 43.4 Å². The predicted molar refractivity (Wildman–Crippen MR) is 88.6 cm³/mol. The number of esters is 1. The van der Waals surface area contributed by atoms with Crippen LogP contribution in [0.5, 0.6) is 0 Å². The lowest BCUT2D eigenvalue weighted by atomic mass is 9.96. The van der Waals surface area contributed by atoms with E-state index in [0.717, 1.165) is 32.1 Å². The van der Waals surface area contributed by atoms with Crippen LogP contribution in [0.25, 0.3) is 0 Å². The van der Waals surface area contributed by atoms with Crippen LogP contribution in [0.2, 0.25) is 0 Å². The monoisotopic (exact) mass is 304 g/mol. The molecule has 0 N–H and O–H groups in total. The molecule has 0 bridgehead atoms. The predicted octanol–water partition coefficient (Wildman–Crippen LogP) is 4.34. The minimum absolute atomic E-state index is 0.0880. The number of Topliss-reactive ketones (excluding diaryl/α,β-unsaturated/α-hetero) is 1. The van der Waals surface area contributed by atoms with Crippen LogP contribution in [0.1, 0.15) is 58.4 Å². The molecule has 0 radical (unpaired) electrons. The van der Waals surface area contributed by atoms with E-state index in [-0.39, 0.29) is 17.9 Å². The van der Waals surface area contributed by atoms with Gasteiger partial charge in [0.2, 0.25) is 0 Å². The first-order chi connectivity index (χ1) is 10.5. The first-order valence-corrected chi connectivity index (χ1v) is 8.25. The highest BCUT2D eigenvalue weighted by Gasteiger charge is 2.24. The highest BCUT2D eigenvalue weighted by atomic mass is 16.5. The maximum atomic E-state index is 11.9. The van der Waals surface area contributed by atoms with Gasteiger partial charge < -0.3 is 4.74 Å². The van der Waals surface area contributed by atoms with Crippen LogP contribution in [0.3, 0.4) is 0 Å². The van der Waals surface area contributed by atoms with Gasteiger partial charge in [0.05, 0.1) is 6.10 Å². The molecule has 0 aliphatic rings. The molecule has 0 fully saturated rings. The summed E-state index contributed by atoms with van der Waals surface area (Å²) in [5.74, 6) is -1.04. The van der Waals surface area contributed by atoms with E-state index in [0.29, 0.717) is 6.42 Å². The lowest BCUT2D eigenvalue weighted by Crippen LogP contribution is -2.26. The normalized spacial score (nSPS) is 12.2. The third-order valence-electron chi connectivity index (χ3n) is 3.68. The largest absolute Gasteiger partial charge is 0.462 e. The maximum absolute atomic E-state index is 11.9. The van der Waals surface area contributed by atoms with E-state index < -0.39 is 5.92 Å². The number of benzene rings is 1. The standard InChI is InChI=1S/C19H28O3/c1-15(2)22-19(21)18(16(3)20)14-10-5-4-7-11-17-12-8-6-9-13-17/h6,8-9,12-13,15,18H,4-5,7,10-11,14H2,1-3H3. The van der Waals surface area contributed by atoms with Crippen molar-refractivity contribution in [2.24, 2.45) is 5.92 Å². The zero-order valence-corrected chi connectivity index (χ0v) is 14.0. The van der Waals surface area contributed by atoms with Gasteiger partial charge in [-0.2, -0.15) is 0 Å². The maximum Gasteiger partial charge on any atom is 0.316 e. The van der Waals surface area contributed by atoms with Gasteiger partial charge >= 0.3 is 5.97 Å². The zero-order chi connectivity index (χ0) is 16.4. The number of ketones is 1. The Morgan fingerprint density at radius 1 is 1.00 bits per heavy atom. The van der Waals surface area contributed by atoms with Crippen molar-refractivity contribution in [3.05, 3.63) is 35.9 Å². The van der Waals surface area contributed by atoms with Gasteiger partial charge in [0.1, 0.15) is 11.7 Å². The highest BCUT2D eigenvalue weighted by Crippen LogP contribution is 2.16. The van der Waals surface area contributed by atoms with Gasteiger partial charge in [0.25, 0.3) is 0 Å². The van der Waals surface area contributed by atoms with E-state index >= 15 is 0 Å². The fourth-order valence-electron chi connectivity index (χ4n) is 2.48. The molecule has 0 spiro atoms. The summed E-state index contributed by atoms with van der Waals surface area (Å²) in [6, 6.07) is 10.4. The summed E-state index contributed by atoms with van der Waals surface area (Å²) in [6.07, 6.45) is 5.74. The van der Waals surface area contributed by atoms with Crippen LogP contribution in [0.15, 0.2) is 30.3 Å². The Morgan fingerprint density at radius 3 is 2.23 bits per heavy atom. The molecule has 0 aromatic heterocycles. The molecule has 0 heterocycles. The molecule has 1 unspecified atom stereocenters. The zero-order valence-electron chi connectivity index (χ0n) is 14.0. The van der Waals surface area contributed by atoms with Crippen molar-refractivity contribution in [2.75, 3.05) is 0 Å². The number of ether oxygens (including phenoxy) is 1. The minimum atomic E-state index is -0.587. The van der Waals surface area contributed by atoms with E-state index in [1.807, 2.05) is 6.07 Å². The lowest BCUT2D eigenvalue weighted by Gasteiger charge is -2.15. The Hall–Kier alpha value is -1.64. The Labute approximate surface area is 134 Å². The smallest absolute Gasteiger partial charge is 0.316 e. The molecule has 22 heavy (non-hydrogen) atoms. The Morgan fingerprint density at radius 2 is 1.64 bits per heavy atom. The third kappa shape index (κ3) is 7.39. The summed E-state index contributed by atoms with van der Waals surface area (Å²) in [4.78, 5) is 23.4. The third-order valence-corrected chi connectivity index (χ3v) is 3.68. The van der Waals surface area contributed by atoms with E-state index in [4.69, 9.17) is 4.74 Å². The minimum Gasteiger partial charge on any atom is -0.462 e. The number of carbonyl (C=O) groups excluding carboxylic acids is 2. The van der Waals surface area contributed by atoms with E-state index in [9.17, 15) is 9.59 Å². The van der Waals surface area contributed by atoms with Crippen LogP contribution in [-0.4, -0.2) is 17.9 Å². The van der Waals surface area contributed by atoms with Crippen LogP contribution in [0, 0.1) is 5.92 Å². The van der Waals surface area contributed by atoms with E-state index in [1.165, 1.54) is 12.5 Å². The van der Waals surface area contributed by atoms with Crippen LogP contribution in [0.4, 0.5) is 0 Å². The van der Waals surface area contributed by atoms with Gasteiger partial charge in [-0.15, -0.1) is 0 Å². The summed E-state index contributed by atoms with van der Waals surface area (Å²) < 4.78 is 5.15. The van der Waals surface area contributed by atoms with Crippen molar-refractivity contribution in [3.63, 3.8) is 0 Å². The molecule has 3 heteroatoms. The van der Waals surface area contributed by atoms with Gasteiger partial charge in [-0.3, -0.25) is 9.59 Å². The molecule has 1 aromatic rings. The quantitative estimate of drug-likeness (QED) is 0.367. The van der Waals surface area contributed by atoms with Gasteiger partial charge in [0.15, 0.2) is 0 Å². The van der Waals surface area contributed by atoms with E-state index in [1.54, 1.807) is 13.8 Å². The summed E-state index contributed by atoms with van der Waals surface area (Å²) in [5, 5.41) is 0. The van der Waals surface area contributed by atoms with Crippen LogP contribution >= 0.6 is 0 Å². The lowest BCUT2D eigenvalue weighted by molar-refractivity contribution is -0.155. The average Bonchev–Trinajstić information content (AvgIpc) is 2.46. The SMILES string of the molecule is CC(=O)C(CCCCCCc1ccccc1)C(=O)OC(C)C. The van der Waals surface area contributed by atoms with Crippen molar-refractivity contribution >= 4 is 11.8 Å². The van der Waals surface area contributed by atoms with Crippen molar-refractivity contribution < 1.29 is 14.3 Å². The number of aryl methyl sites for hydroxylation is 1. The number of hydrogen-bond acceptors (Lipinski definition) is 3. The molecule has 0 aliphatic carbocycles. The second kappa shape index (κ2) is 10.1. The molecule has 1 aromatic carbocycles. The fraction of sp³-hybridized carbons (Fsp3) is 0.579. The Balaban J connectivity index is 2.20. The first-order valence-electron chi connectivity index (χ1n) is 8.25. The van der Waals surface area contributed by atoms with Crippen molar-refractivity contribution in [3.8, 4) is 0 Å². The highest BCUT2D eigenvalue weighted by molar-refractivity contribution is 5.97. The average molecular weight is 304 g/mol. The molecule has 1 atom stereocenters. The van der Waals surface area contributed by atoms with Gasteiger partial charge in [-0.05, 0) is 45.6 Å². The summed E-state index contributed by atoms with van der Waals surface area (Å²) >= 11 is 0. The molecule has 0 aliphatic heterocycles. The number of hydrogen-bond donors (Lipinski definition) is 0. The van der Waals surface area contributed by atoms with E-state index in [2.05, 4.69) is 24.3 Å². The fourth-order valence-corrected chi connectivity index (χ4v) is 2.48. The first kappa shape index (κ1) is 18.4. The van der Waals surface area contributed by atoms with Crippen LogP contribution in [-0.2, 0) is 20.7 Å². The molecule has 0 saturated heterocycles. The molecule has 0 amide bonds. The van der Waals surface area contributed by atoms with Crippen molar-refractivity contribution in [2.45, 2.75) is 65.4 Å². The Bertz CT molecular complexity index is 451. The Kier molecular flexibility index (Phi) is 8.49. The van der Waals surface area contributed by atoms with Gasteiger partial charge in [-0.25, -0.2) is 0 Å². The number of unbranched alkanes of at least 4 members (excludes halogenated alkanes) is 3.